The van der Waals surface area contributed by atoms with E-state index in [0.717, 1.165) is 24.7 Å². The fourth-order valence-electron chi connectivity index (χ4n) is 3.18. The Morgan fingerprint density at radius 3 is 2.48 bits per heavy atom. The molecular formula is C22H27N5O3S. The van der Waals surface area contributed by atoms with Crippen molar-refractivity contribution >= 4 is 16.0 Å². The number of hydrogen-bond donors (Lipinski definition) is 2. The van der Waals surface area contributed by atoms with Crippen molar-refractivity contribution in [2.45, 2.75) is 19.3 Å². The normalized spacial score (nSPS) is 11.4. The summed E-state index contributed by atoms with van der Waals surface area (Å²) in [7, 11) is -3.19. The molecule has 0 spiro atoms. The van der Waals surface area contributed by atoms with Gasteiger partial charge in [0.05, 0.1) is 11.9 Å². The minimum atomic E-state index is -3.19. The molecule has 2 N–H and O–H groups in total. The van der Waals surface area contributed by atoms with Gasteiger partial charge >= 0.3 is 0 Å². The zero-order valence-corrected chi connectivity index (χ0v) is 18.3. The van der Waals surface area contributed by atoms with E-state index in [4.69, 9.17) is 0 Å². The van der Waals surface area contributed by atoms with E-state index in [0.29, 0.717) is 37.7 Å². The largest absolute Gasteiger partial charge is 0.342 e. The maximum atomic E-state index is 12.3. The molecule has 0 atom stereocenters. The van der Waals surface area contributed by atoms with Crippen LogP contribution in [0.1, 0.15) is 18.4 Å². The van der Waals surface area contributed by atoms with Gasteiger partial charge < -0.3 is 4.90 Å². The van der Waals surface area contributed by atoms with Gasteiger partial charge in [-0.1, -0.05) is 30.3 Å². The summed E-state index contributed by atoms with van der Waals surface area (Å²) in [5, 5.41) is 0. The van der Waals surface area contributed by atoms with Gasteiger partial charge in [-0.15, -0.1) is 0 Å². The lowest BCUT2D eigenvalue weighted by atomic mass is 10.1. The summed E-state index contributed by atoms with van der Waals surface area (Å²) in [6.45, 7) is 1.69. The molecule has 0 aliphatic heterocycles. The number of H-pyrrole nitrogens is 1. The molecule has 8 nitrogen and oxygen atoms in total. The number of aromatic nitrogens is 3. The molecular weight excluding hydrogens is 414 g/mol. The van der Waals surface area contributed by atoms with Crippen molar-refractivity contribution in [1.82, 2.24) is 19.7 Å². The summed E-state index contributed by atoms with van der Waals surface area (Å²) in [4.78, 5) is 25.9. The minimum Gasteiger partial charge on any atom is -0.342 e. The lowest BCUT2D eigenvalue weighted by molar-refractivity contribution is 0.581. The van der Waals surface area contributed by atoms with Gasteiger partial charge in [0.15, 0.2) is 0 Å². The predicted octanol–water partition coefficient (Wildman–Crippen LogP) is 2.21. The van der Waals surface area contributed by atoms with E-state index >= 15 is 0 Å². The van der Waals surface area contributed by atoms with Crippen molar-refractivity contribution in [3.8, 4) is 11.3 Å². The Bertz CT molecular complexity index is 1120. The number of anilines is 1. The quantitative estimate of drug-likeness (QED) is 0.442. The number of nitrogens with one attached hydrogen (secondary N) is 2. The SMILES string of the molecule is CS(=O)(=O)NCCCCN(CCc1ccccc1)c1nc(-c2ccncc2)cc(=O)[nH]1. The molecule has 2 aromatic heterocycles. The zero-order valence-electron chi connectivity index (χ0n) is 17.5. The Kier molecular flexibility index (Phi) is 7.91. The lowest BCUT2D eigenvalue weighted by Crippen LogP contribution is -2.31. The first-order valence-corrected chi connectivity index (χ1v) is 12.1. The van der Waals surface area contributed by atoms with Gasteiger partial charge in [-0.3, -0.25) is 14.8 Å². The summed E-state index contributed by atoms with van der Waals surface area (Å²) in [5.41, 5.74) is 2.38. The second-order valence-electron chi connectivity index (χ2n) is 7.29. The Labute approximate surface area is 182 Å². The minimum absolute atomic E-state index is 0.222. The molecule has 0 amide bonds. The van der Waals surface area contributed by atoms with Gasteiger partial charge in [0.25, 0.3) is 5.56 Å². The molecule has 0 saturated carbocycles. The molecule has 0 unspecified atom stereocenters. The van der Waals surface area contributed by atoms with Crippen molar-refractivity contribution in [3.05, 3.63) is 76.8 Å². The smallest absolute Gasteiger partial charge is 0.252 e. The Morgan fingerprint density at radius 2 is 1.77 bits per heavy atom. The van der Waals surface area contributed by atoms with E-state index in [1.54, 1.807) is 12.4 Å². The topological polar surface area (TPSA) is 108 Å². The maximum absolute atomic E-state index is 12.3. The summed E-state index contributed by atoms with van der Waals surface area (Å²) in [5.74, 6) is 0.506. The predicted molar refractivity (Wildman–Crippen MR) is 123 cm³/mol. The first-order valence-electron chi connectivity index (χ1n) is 10.2. The highest BCUT2D eigenvalue weighted by molar-refractivity contribution is 7.88. The first-order chi connectivity index (χ1) is 14.9. The van der Waals surface area contributed by atoms with Crippen molar-refractivity contribution in [1.29, 1.82) is 0 Å². The molecule has 0 saturated heterocycles. The summed E-state index contributed by atoms with van der Waals surface area (Å²) in [6, 6.07) is 15.2. The van der Waals surface area contributed by atoms with Crippen molar-refractivity contribution in [2.24, 2.45) is 0 Å². The molecule has 31 heavy (non-hydrogen) atoms. The van der Waals surface area contributed by atoms with Gasteiger partial charge in [0.2, 0.25) is 16.0 Å². The average molecular weight is 442 g/mol. The monoisotopic (exact) mass is 441 g/mol. The number of pyridine rings is 1. The number of aromatic amines is 1. The van der Waals surface area contributed by atoms with Crippen LogP contribution in [0.3, 0.4) is 0 Å². The Balaban J connectivity index is 1.76. The third kappa shape index (κ3) is 7.62. The van der Waals surface area contributed by atoms with E-state index in [1.165, 1.54) is 11.6 Å². The maximum Gasteiger partial charge on any atom is 0.252 e. The second-order valence-corrected chi connectivity index (χ2v) is 9.12. The van der Waals surface area contributed by atoms with Crippen LogP contribution in [0.25, 0.3) is 11.3 Å². The summed E-state index contributed by atoms with van der Waals surface area (Å²) < 4.78 is 25.0. The number of hydrogen-bond acceptors (Lipinski definition) is 6. The molecule has 9 heteroatoms. The number of nitrogens with zero attached hydrogens (tertiary/aromatic N) is 3. The summed E-state index contributed by atoms with van der Waals surface area (Å²) in [6.07, 6.45) is 6.72. The number of benzene rings is 1. The third-order valence-electron chi connectivity index (χ3n) is 4.74. The van der Waals surface area contributed by atoms with Gasteiger partial charge in [0, 0.05) is 43.7 Å². The van der Waals surface area contributed by atoms with Crippen molar-refractivity contribution in [3.63, 3.8) is 0 Å². The Morgan fingerprint density at radius 1 is 1.03 bits per heavy atom. The van der Waals surface area contributed by atoms with Crippen LogP contribution in [0.5, 0.6) is 0 Å². The standard InChI is InChI=1S/C22H27N5O3S/c1-31(29,30)24-12-5-6-15-27(16-11-18-7-3-2-4-8-18)22-25-20(17-21(28)26-22)19-9-13-23-14-10-19/h2-4,7-10,13-14,17,24H,5-6,11-12,15-16H2,1H3,(H,25,26,28). The van der Waals surface area contributed by atoms with Gasteiger partial charge in [0.1, 0.15) is 0 Å². The van der Waals surface area contributed by atoms with Crippen LogP contribution in [0.4, 0.5) is 5.95 Å². The zero-order chi connectivity index (χ0) is 22.1. The molecule has 0 fully saturated rings. The molecule has 0 radical (unpaired) electrons. The highest BCUT2D eigenvalue weighted by atomic mass is 32.2. The molecule has 3 aromatic rings. The number of sulfonamides is 1. The van der Waals surface area contributed by atoms with E-state index < -0.39 is 10.0 Å². The van der Waals surface area contributed by atoms with E-state index in [2.05, 4.69) is 31.8 Å². The molecule has 3 rings (SSSR count). The van der Waals surface area contributed by atoms with Crippen molar-refractivity contribution < 1.29 is 8.42 Å². The lowest BCUT2D eigenvalue weighted by Gasteiger charge is -2.23. The van der Waals surface area contributed by atoms with Crippen LogP contribution < -0.4 is 15.2 Å². The van der Waals surface area contributed by atoms with Crippen LogP contribution in [-0.4, -0.2) is 49.3 Å². The second kappa shape index (κ2) is 10.8. The van der Waals surface area contributed by atoms with Gasteiger partial charge in [-0.2, -0.15) is 0 Å². The molecule has 2 heterocycles. The summed E-state index contributed by atoms with van der Waals surface area (Å²) >= 11 is 0. The number of rotatable bonds is 11. The van der Waals surface area contributed by atoms with Crippen molar-refractivity contribution in [2.75, 3.05) is 30.8 Å². The molecule has 0 aliphatic rings. The first kappa shape index (κ1) is 22.6. The van der Waals surface area contributed by atoms with E-state index in [9.17, 15) is 13.2 Å². The van der Waals surface area contributed by atoms with Gasteiger partial charge in [-0.05, 0) is 37.0 Å². The van der Waals surface area contributed by atoms with Crippen LogP contribution in [0.15, 0.2) is 65.7 Å². The van der Waals surface area contributed by atoms with Crippen LogP contribution in [0, 0.1) is 0 Å². The fraction of sp³-hybridized carbons (Fsp3) is 0.318. The molecule has 0 aliphatic carbocycles. The van der Waals surface area contributed by atoms with E-state index in [-0.39, 0.29) is 5.56 Å². The van der Waals surface area contributed by atoms with E-state index in [1.807, 2.05) is 35.2 Å². The molecule has 0 bridgehead atoms. The third-order valence-corrected chi connectivity index (χ3v) is 5.47. The molecule has 1 aromatic carbocycles. The fourth-order valence-corrected chi connectivity index (χ4v) is 3.70. The van der Waals surface area contributed by atoms with Crippen LogP contribution in [0.2, 0.25) is 0 Å². The molecule has 164 valence electrons. The number of unbranched alkanes of at least 4 members (excludes halogenated alkanes) is 1. The highest BCUT2D eigenvalue weighted by Crippen LogP contribution is 2.17. The average Bonchev–Trinajstić information content (AvgIpc) is 2.76. The Hall–Kier alpha value is -3.04. The van der Waals surface area contributed by atoms with Crippen LogP contribution in [-0.2, 0) is 16.4 Å². The van der Waals surface area contributed by atoms with Crippen LogP contribution >= 0.6 is 0 Å². The van der Waals surface area contributed by atoms with Gasteiger partial charge in [-0.25, -0.2) is 18.1 Å². The highest BCUT2D eigenvalue weighted by Gasteiger charge is 2.12.